The summed E-state index contributed by atoms with van der Waals surface area (Å²) in [4.78, 5) is 4.46. The van der Waals surface area contributed by atoms with Gasteiger partial charge in [0, 0.05) is 11.6 Å². The highest BCUT2D eigenvalue weighted by Gasteiger charge is 2.12. The number of anilines is 1. The van der Waals surface area contributed by atoms with Gasteiger partial charge in [-0.05, 0) is 24.3 Å². The molecule has 3 nitrogen and oxygen atoms in total. The minimum atomic E-state index is -1.39. The number of nitrogens with one attached hydrogen (secondary N) is 1. The Morgan fingerprint density at radius 2 is 2.07 bits per heavy atom. The summed E-state index contributed by atoms with van der Waals surface area (Å²) in [5.74, 6) is -0.343. The first-order chi connectivity index (χ1) is 7.25. The summed E-state index contributed by atoms with van der Waals surface area (Å²) in [6.07, 6.45) is 1.62. The highest BCUT2D eigenvalue weighted by Crippen LogP contribution is 2.17. The van der Waals surface area contributed by atoms with Crippen molar-refractivity contribution in [3.63, 3.8) is 0 Å². The van der Waals surface area contributed by atoms with Gasteiger partial charge in [-0.15, -0.1) is 11.3 Å². The molecule has 1 aromatic heterocycles. The molecule has 0 spiro atoms. The van der Waals surface area contributed by atoms with Gasteiger partial charge in [-0.3, -0.25) is 0 Å². The predicted octanol–water partition coefficient (Wildman–Crippen LogP) is 2.42. The average Bonchev–Trinajstić information content (AvgIpc) is 2.71. The molecule has 6 heteroatoms. The predicted molar refractivity (Wildman–Crippen MR) is 58.5 cm³/mol. The van der Waals surface area contributed by atoms with Gasteiger partial charge >= 0.3 is 0 Å². The first-order valence-corrected chi connectivity index (χ1v) is 6.12. The summed E-state index contributed by atoms with van der Waals surface area (Å²) in [7, 11) is 0. The standard InChI is InChI=1S/C9H7FN2OS2/c10-7-1-3-8(4-2-7)15(13)12-9-11-5-6-14-9/h1-6H,(H,11,12). The van der Waals surface area contributed by atoms with Gasteiger partial charge in [0.1, 0.15) is 17.2 Å². The molecule has 0 amide bonds. The number of halogens is 1. The van der Waals surface area contributed by atoms with Gasteiger partial charge in [0.25, 0.3) is 0 Å². The molecule has 2 rings (SSSR count). The van der Waals surface area contributed by atoms with Crippen molar-refractivity contribution in [2.75, 3.05) is 4.72 Å². The maximum absolute atomic E-state index is 12.6. The number of benzene rings is 1. The zero-order valence-corrected chi connectivity index (χ0v) is 9.15. The molecule has 0 saturated carbocycles. The van der Waals surface area contributed by atoms with Crippen LogP contribution in [0.3, 0.4) is 0 Å². The fourth-order valence-electron chi connectivity index (χ4n) is 0.970. The van der Waals surface area contributed by atoms with E-state index in [0.29, 0.717) is 10.0 Å². The van der Waals surface area contributed by atoms with Crippen LogP contribution in [0, 0.1) is 5.82 Å². The highest BCUT2D eigenvalue weighted by molar-refractivity contribution is 7.93. The van der Waals surface area contributed by atoms with Gasteiger partial charge in [0.15, 0.2) is 4.90 Å². The Morgan fingerprint density at radius 3 is 2.67 bits per heavy atom. The molecule has 0 saturated heterocycles. The summed E-state index contributed by atoms with van der Waals surface area (Å²) in [5.41, 5.74) is 0. The van der Waals surface area contributed by atoms with Crippen LogP contribution >= 0.6 is 11.3 Å². The highest BCUT2D eigenvalue weighted by atomic mass is 32.2. The summed E-state index contributed by atoms with van der Waals surface area (Å²) < 4.78 is 27.0. The van der Waals surface area contributed by atoms with Gasteiger partial charge in [-0.2, -0.15) is 4.72 Å². The Morgan fingerprint density at radius 1 is 1.33 bits per heavy atom. The third-order valence-electron chi connectivity index (χ3n) is 1.64. The minimum absolute atomic E-state index is 0.343. The van der Waals surface area contributed by atoms with E-state index in [1.165, 1.54) is 35.6 Å². The first-order valence-electron chi connectivity index (χ1n) is 4.09. The average molecular weight is 242 g/mol. The molecule has 15 heavy (non-hydrogen) atoms. The molecule has 2 aromatic rings. The Kier molecular flexibility index (Phi) is 3.20. The van der Waals surface area contributed by atoms with Crippen LogP contribution in [-0.4, -0.2) is 9.54 Å². The summed E-state index contributed by atoms with van der Waals surface area (Å²) in [6.45, 7) is 0. The van der Waals surface area contributed by atoms with Crippen molar-refractivity contribution in [3.05, 3.63) is 41.7 Å². The molecular formula is C9H7FN2OS2. The lowest BCUT2D eigenvalue weighted by Crippen LogP contribution is -2.12. The molecule has 0 fully saturated rings. The van der Waals surface area contributed by atoms with E-state index in [2.05, 4.69) is 9.71 Å². The lowest BCUT2D eigenvalue weighted by molar-refractivity contribution is 0.598. The Bertz CT molecular complexity index is 418. The molecule has 0 radical (unpaired) electrons. The van der Waals surface area contributed by atoms with Crippen LogP contribution in [-0.2, 0) is 11.4 Å². The molecule has 1 aromatic carbocycles. The molecule has 0 aliphatic heterocycles. The Balaban J connectivity index is 2.08. The Labute approximate surface area is 93.3 Å². The zero-order valence-electron chi connectivity index (χ0n) is 7.51. The second kappa shape index (κ2) is 4.61. The van der Waals surface area contributed by atoms with Crippen molar-refractivity contribution >= 4 is 27.8 Å². The molecule has 0 aliphatic rings. The van der Waals surface area contributed by atoms with Crippen molar-refractivity contribution in [1.29, 1.82) is 0 Å². The van der Waals surface area contributed by atoms with Gasteiger partial charge in [-0.1, -0.05) is 0 Å². The minimum Gasteiger partial charge on any atom is -0.588 e. The van der Waals surface area contributed by atoms with Crippen LogP contribution in [0.2, 0.25) is 0 Å². The largest absolute Gasteiger partial charge is 0.588 e. The van der Waals surface area contributed by atoms with Crippen molar-refractivity contribution in [2.24, 2.45) is 0 Å². The normalized spacial score (nSPS) is 12.4. The number of hydrogen-bond donors (Lipinski definition) is 1. The van der Waals surface area contributed by atoms with E-state index in [4.69, 9.17) is 0 Å². The smallest absolute Gasteiger partial charge is 0.226 e. The molecule has 1 unspecified atom stereocenters. The number of hydrogen-bond acceptors (Lipinski definition) is 4. The van der Waals surface area contributed by atoms with E-state index in [0.717, 1.165) is 0 Å². The third kappa shape index (κ3) is 2.68. The lowest BCUT2D eigenvalue weighted by Gasteiger charge is -2.08. The number of thiazole rings is 1. The zero-order chi connectivity index (χ0) is 10.7. The summed E-state index contributed by atoms with van der Waals surface area (Å²) in [5, 5.41) is 2.36. The topological polar surface area (TPSA) is 48.0 Å². The van der Waals surface area contributed by atoms with E-state index in [1.807, 2.05) is 0 Å². The van der Waals surface area contributed by atoms with Gasteiger partial charge < -0.3 is 4.55 Å². The van der Waals surface area contributed by atoms with Crippen LogP contribution in [0.4, 0.5) is 9.52 Å². The van der Waals surface area contributed by atoms with Crippen molar-refractivity contribution in [2.45, 2.75) is 4.90 Å². The molecule has 0 aliphatic carbocycles. The maximum Gasteiger partial charge on any atom is 0.226 e. The van der Waals surface area contributed by atoms with Crippen LogP contribution < -0.4 is 4.72 Å². The third-order valence-corrected chi connectivity index (χ3v) is 3.54. The second-order valence-corrected chi connectivity index (χ2v) is 4.77. The first kappa shape index (κ1) is 10.4. The SMILES string of the molecule is [O-][S+](Nc1nccs1)c1ccc(F)cc1. The van der Waals surface area contributed by atoms with Crippen LogP contribution in [0.1, 0.15) is 0 Å². The second-order valence-electron chi connectivity index (χ2n) is 2.66. The van der Waals surface area contributed by atoms with Gasteiger partial charge in [-0.25, -0.2) is 9.37 Å². The summed E-state index contributed by atoms with van der Waals surface area (Å²) >= 11 is -0.0301. The fourth-order valence-corrected chi connectivity index (χ4v) is 2.47. The van der Waals surface area contributed by atoms with Crippen LogP contribution in [0.25, 0.3) is 0 Å². The number of nitrogens with zero attached hydrogens (tertiary/aromatic N) is 1. The van der Waals surface area contributed by atoms with Crippen molar-refractivity contribution in [3.8, 4) is 0 Å². The molecule has 1 atom stereocenters. The molecular weight excluding hydrogens is 235 g/mol. The monoisotopic (exact) mass is 242 g/mol. The van der Waals surface area contributed by atoms with Crippen LogP contribution in [0.5, 0.6) is 0 Å². The lowest BCUT2D eigenvalue weighted by atomic mass is 10.4. The number of aromatic nitrogens is 1. The summed E-state index contributed by atoms with van der Waals surface area (Å²) in [6, 6.07) is 5.51. The van der Waals surface area contributed by atoms with E-state index >= 15 is 0 Å². The van der Waals surface area contributed by atoms with Crippen molar-refractivity contribution in [1.82, 2.24) is 4.98 Å². The Hall–Kier alpha value is -1.11. The quantitative estimate of drug-likeness (QED) is 0.841. The fraction of sp³-hybridized carbons (Fsp3) is 0. The van der Waals surface area contributed by atoms with Gasteiger partial charge in [0.05, 0.1) is 0 Å². The molecule has 1 heterocycles. The molecule has 78 valence electrons. The van der Waals surface area contributed by atoms with E-state index < -0.39 is 11.4 Å². The van der Waals surface area contributed by atoms with Gasteiger partial charge in [0.2, 0.25) is 5.13 Å². The van der Waals surface area contributed by atoms with E-state index in [-0.39, 0.29) is 5.82 Å². The molecule has 0 bridgehead atoms. The number of rotatable bonds is 3. The van der Waals surface area contributed by atoms with Crippen LogP contribution in [0.15, 0.2) is 40.7 Å². The van der Waals surface area contributed by atoms with E-state index in [1.54, 1.807) is 11.6 Å². The van der Waals surface area contributed by atoms with Crippen molar-refractivity contribution < 1.29 is 8.94 Å². The maximum atomic E-state index is 12.6. The van der Waals surface area contributed by atoms with E-state index in [9.17, 15) is 8.94 Å². The molecule has 1 N–H and O–H groups in total.